The molecule has 3 rings (SSSR count). The number of nitrogens with zero attached hydrogens (tertiary/aromatic N) is 4. The van der Waals surface area contributed by atoms with Gasteiger partial charge in [0.2, 0.25) is 0 Å². The Bertz CT molecular complexity index is 1040. The molecule has 0 saturated heterocycles. The van der Waals surface area contributed by atoms with Crippen LogP contribution < -0.4 is 10.9 Å². The Hall–Kier alpha value is -3.10. The molecule has 1 N–H and O–H groups in total. The van der Waals surface area contributed by atoms with Gasteiger partial charge in [-0.1, -0.05) is 23.4 Å². The van der Waals surface area contributed by atoms with Crippen LogP contribution in [0.5, 0.6) is 0 Å². The van der Waals surface area contributed by atoms with E-state index in [1.807, 2.05) is 0 Å². The second-order valence-corrected chi connectivity index (χ2v) is 5.58. The van der Waals surface area contributed by atoms with Gasteiger partial charge in [-0.2, -0.15) is 0 Å². The molecule has 0 aliphatic carbocycles. The summed E-state index contributed by atoms with van der Waals surface area (Å²) in [6, 6.07) is 6.88. The van der Waals surface area contributed by atoms with Gasteiger partial charge in [-0.25, -0.2) is 13.5 Å². The summed E-state index contributed by atoms with van der Waals surface area (Å²) in [4.78, 5) is 25.1. The van der Waals surface area contributed by atoms with Gasteiger partial charge < -0.3 is 9.88 Å². The molecule has 0 radical (unpaired) electrons. The van der Waals surface area contributed by atoms with E-state index in [-0.39, 0.29) is 22.5 Å². The van der Waals surface area contributed by atoms with Gasteiger partial charge in [0, 0.05) is 25.0 Å². The van der Waals surface area contributed by atoms with E-state index in [9.17, 15) is 18.4 Å². The molecular formula is C16H15F2N5O2. The average Bonchev–Trinajstić information content (AvgIpc) is 2.93. The number of nitrogens with one attached hydrogen (secondary N) is 1. The molecule has 0 spiro atoms. The maximum Gasteiger partial charge on any atom is 0.283 e. The minimum atomic E-state index is -2.85. The zero-order chi connectivity index (χ0) is 18.3. The summed E-state index contributed by atoms with van der Waals surface area (Å²) in [5.74, 6) is -1.01. The molecule has 0 unspecified atom stereocenters. The van der Waals surface area contributed by atoms with Crippen LogP contribution in [0.2, 0.25) is 0 Å². The first kappa shape index (κ1) is 16.7. The molecule has 0 saturated carbocycles. The molecular weight excluding hydrogens is 332 g/mol. The molecule has 0 fully saturated rings. The van der Waals surface area contributed by atoms with Crippen molar-refractivity contribution in [2.24, 2.45) is 14.1 Å². The smallest absolute Gasteiger partial charge is 0.283 e. The summed E-state index contributed by atoms with van der Waals surface area (Å²) in [5.41, 5.74) is 0.0819. The molecule has 0 aliphatic rings. The molecule has 1 aromatic carbocycles. The lowest BCUT2D eigenvalue weighted by molar-refractivity contribution is 0.102. The molecule has 2 heterocycles. The van der Waals surface area contributed by atoms with Gasteiger partial charge in [0.05, 0.1) is 11.1 Å². The van der Waals surface area contributed by atoms with Crippen LogP contribution in [0.4, 0.5) is 14.6 Å². The predicted molar refractivity (Wildman–Crippen MR) is 87.8 cm³/mol. The second kappa shape index (κ2) is 6.08. The van der Waals surface area contributed by atoms with Crippen LogP contribution in [0.25, 0.3) is 10.9 Å². The minimum absolute atomic E-state index is 0.129. The Morgan fingerprint density at radius 1 is 1.24 bits per heavy atom. The van der Waals surface area contributed by atoms with E-state index < -0.39 is 18.0 Å². The number of carbonyl (C=O) groups is 1. The van der Waals surface area contributed by atoms with Crippen LogP contribution in [-0.2, 0) is 14.1 Å². The summed E-state index contributed by atoms with van der Waals surface area (Å²) < 4.78 is 28.6. The zero-order valence-corrected chi connectivity index (χ0v) is 13.7. The SMILES string of the molecule is Cc1c(C(=O)Nc2nnn(C)c2C(F)F)c2ccccc2n(C)c1=O. The van der Waals surface area contributed by atoms with E-state index in [2.05, 4.69) is 15.6 Å². The Kier molecular flexibility index (Phi) is 4.07. The number of benzene rings is 1. The average molecular weight is 347 g/mol. The lowest BCUT2D eigenvalue weighted by atomic mass is 10.0. The maximum absolute atomic E-state index is 13.1. The number of pyridine rings is 1. The third-order valence-electron chi connectivity index (χ3n) is 4.07. The number of halogens is 2. The summed E-state index contributed by atoms with van der Waals surface area (Å²) in [6.45, 7) is 1.52. The predicted octanol–water partition coefficient (Wildman–Crippen LogP) is 2.17. The number of rotatable bonds is 3. The van der Waals surface area contributed by atoms with Gasteiger partial charge in [0.25, 0.3) is 17.9 Å². The van der Waals surface area contributed by atoms with Gasteiger partial charge in [0.15, 0.2) is 5.82 Å². The number of anilines is 1. The first-order chi connectivity index (χ1) is 11.8. The number of aryl methyl sites for hydroxylation is 2. The van der Waals surface area contributed by atoms with Crippen molar-refractivity contribution in [3.05, 3.63) is 51.4 Å². The number of para-hydroxylation sites is 1. The summed E-state index contributed by atoms with van der Waals surface area (Å²) in [5, 5.41) is 9.97. The Morgan fingerprint density at radius 2 is 1.92 bits per heavy atom. The highest BCUT2D eigenvalue weighted by molar-refractivity contribution is 6.13. The van der Waals surface area contributed by atoms with Crippen molar-refractivity contribution in [1.82, 2.24) is 19.6 Å². The highest BCUT2D eigenvalue weighted by Crippen LogP contribution is 2.26. The molecule has 130 valence electrons. The first-order valence-corrected chi connectivity index (χ1v) is 7.40. The van der Waals surface area contributed by atoms with E-state index in [1.54, 1.807) is 31.3 Å². The molecule has 25 heavy (non-hydrogen) atoms. The number of hydrogen-bond acceptors (Lipinski definition) is 4. The van der Waals surface area contributed by atoms with E-state index in [4.69, 9.17) is 0 Å². The molecule has 9 heteroatoms. The second-order valence-electron chi connectivity index (χ2n) is 5.58. The third kappa shape index (κ3) is 2.67. The summed E-state index contributed by atoms with van der Waals surface area (Å²) in [6.07, 6.45) is -2.85. The van der Waals surface area contributed by atoms with E-state index in [1.165, 1.54) is 18.5 Å². The van der Waals surface area contributed by atoms with Crippen LogP contribution >= 0.6 is 0 Å². The number of alkyl halides is 2. The van der Waals surface area contributed by atoms with Crippen molar-refractivity contribution >= 4 is 22.6 Å². The van der Waals surface area contributed by atoms with Crippen molar-refractivity contribution < 1.29 is 13.6 Å². The fourth-order valence-corrected chi connectivity index (χ4v) is 2.81. The Labute approximate surface area is 140 Å². The van der Waals surface area contributed by atoms with Crippen molar-refractivity contribution in [1.29, 1.82) is 0 Å². The molecule has 0 aliphatic heterocycles. The lowest BCUT2D eigenvalue weighted by Crippen LogP contribution is -2.26. The number of aromatic nitrogens is 4. The van der Waals surface area contributed by atoms with E-state index in [0.717, 1.165) is 4.68 Å². The first-order valence-electron chi connectivity index (χ1n) is 7.40. The van der Waals surface area contributed by atoms with E-state index in [0.29, 0.717) is 10.9 Å². The van der Waals surface area contributed by atoms with Crippen LogP contribution in [0.15, 0.2) is 29.1 Å². The van der Waals surface area contributed by atoms with Gasteiger partial charge in [-0.05, 0) is 13.0 Å². The summed E-state index contributed by atoms with van der Waals surface area (Å²) in [7, 11) is 2.92. The van der Waals surface area contributed by atoms with E-state index >= 15 is 0 Å². The molecule has 0 atom stereocenters. The number of hydrogen-bond donors (Lipinski definition) is 1. The summed E-state index contributed by atoms with van der Waals surface area (Å²) >= 11 is 0. The van der Waals surface area contributed by atoms with Crippen LogP contribution in [0.3, 0.4) is 0 Å². The fraction of sp³-hybridized carbons (Fsp3) is 0.250. The topological polar surface area (TPSA) is 81.8 Å². The highest BCUT2D eigenvalue weighted by atomic mass is 19.3. The van der Waals surface area contributed by atoms with Gasteiger partial charge in [-0.15, -0.1) is 5.10 Å². The molecule has 0 bridgehead atoms. The van der Waals surface area contributed by atoms with Crippen molar-refractivity contribution in [2.45, 2.75) is 13.3 Å². The Balaban J connectivity index is 2.15. The minimum Gasteiger partial charge on any atom is -0.311 e. The van der Waals surface area contributed by atoms with Gasteiger partial charge >= 0.3 is 0 Å². The Morgan fingerprint density at radius 3 is 2.60 bits per heavy atom. The lowest BCUT2D eigenvalue weighted by Gasteiger charge is -2.13. The molecule has 7 nitrogen and oxygen atoms in total. The van der Waals surface area contributed by atoms with Gasteiger partial charge in [0.1, 0.15) is 5.69 Å². The largest absolute Gasteiger partial charge is 0.311 e. The molecule has 2 aromatic heterocycles. The normalized spacial score (nSPS) is 11.3. The zero-order valence-electron chi connectivity index (χ0n) is 13.7. The highest BCUT2D eigenvalue weighted by Gasteiger charge is 2.24. The number of amides is 1. The van der Waals surface area contributed by atoms with Crippen molar-refractivity contribution in [3.8, 4) is 0 Å². The van der Waals surface area contributed by atoms with Crippen molar-refractivity contribution in [2.75, 3.05) is 5.32 Å². The molecule has 3 aromatic rings. The third-order valence-corrected chi connectivity index (χ3v) is 4.07. The standard InChI is InChI=1S/C16H15F2N5O2/c1-8-11(9-6-4-5-7-10(9)22(2)16(8)25)15(24)19-14-12(13(17)18)23(3)21-20-14/h4-7,13H,1-3H3,(H,19,24). The quantitative estimate of drug-likeness (QED) is 0.787. The fourth-order valence-electron chi connectivity index (χ4n) is 2.81. The maximum atomic E-state index is 13.1. The number of carbonyl (C=O) groups excluding carboxylic acids is 1. The van der Waals surface area contributed by atoms with Gasteiger partial charge in [-0.3, -0.25) is 9.59 Å². The van der Waals surface area contributed by atoms with Crippen molar-refractivity contribution in [3.63, 3.8) is 0 Å². The van der Waals surface area contributed by atoms with Crippen LogP contribution in [-0.4, -0.2) is 25.5 Å². The molecule has 1 amide bonds. The monoisotopic (exact) mass is 347 g/mol. The van der Waals surface area contributed by atoms with Crippen LogP contribution in [0, 0.1) is 6.92 Å². The van der Waals surface area contributed by atoms with Crippen LogP contribution in [0.1, 0.15) is 28.0 Å². The number of fused-ring (bicyclic) bond motifs is 1.